The summed E-state index contributed by atoms with van der Waals surface area (Å²) in [6.07, 6.45) is 1.32. The van der Waals surface area contributed by atoms with Gasteiger partial charge in [-0.05, 0) is 71.8 Å². The SMILES string of the molecule is CCC(O)(CC)c1ccc(-c2cccc(COc3ccc(C(=O)OC)c(C(=O)OC)c3)c2)c(C)c1. The molecule has 184 valence electrons. The molecule has 0 aromatic heterocycles. The van der Waals surface area contributed by atoms with Crippen LogP contribution in [0.2, 0.25) is 0 Å². The van der Waals surface area contributed by atoms with Gasteiger partial charge in [-0.25, -0.2) is 9.59 Å². The van der Waals surface area contributed by atoms with Crippen LogP contribution in [-0.4, -0.2) is 31.3 Å². The van der Waals surface area contributed by atoms with Gasteiger partial charge in [0.1, 0.15) is 12.4 Å². The van der Waals surface area contributed by atoms with Gasteiger partial charge >= 0.3 is 11.9 Å². The molecule has 0 amide bonds. The van der Waals surface area contributed by atoms with E-state index in [-0.39, 0.29) is 17.7 Å². The Kier molecular flexibility index (Phi) is 8.30. The van der Waals surface area contributed by atoms with Crippen LogP contribution in [0.4, 0.5) is 0 Å². The molecule has 35 heavy (non-hydrogen) atoms. The quantitative estimate of drug-likeness (QED) is 0.392. The highest BCUT2D eigenvalue weighted by molar-refractivity contribution is 6.03. The minimum atomic E-state index is -0.814. The average molecular weight is 477 g/mol. The zero-order valence-electron chi connectivity index (χ0n) is 20.9. The lowest BCUT2D eigenvalue weighted by molar-refractivity contribution is 0.0283. The van der Waals surface area contributed by atoms with E-state index in [1.165, 1.54) is 26.4 Å². The summed E-state index contributed by atoms with van der Waals surface area (Å²) >= 11 is 0. The predicted molar refractivity (Wildman–Crippen MR) is 135 cm³/mol. The second kappa shape index (κ2) is 11.2. The molecule has 0 aliphatic rings. The van der Waals surface area contributed by atoms with Crippen LogP contribution in [-0.2, 0) is 21.7 Å². The molecule has 0 bridgehead atoms. The van der Waals surface area contributed by atoms with E-state index in [9.17, 15) is 14.7 Å². The van der Waals surface area contributed by atoms with Gasteiger partial charge in [-0.15, -0.1) is 0 Å². The number of aryl methyl sites for hydroxylation is 1. The van der Waals surface area contributed by atoms with E-state index in [2.05, 4.69) is 18.2 Å². The fraction of sp³-hybridized carbons (Fsp3) is 0.310. The molecule has 0 aliphatic carbocycles. The molecule has 1 N–H and O–H groups in total. The van der Waals surface area contributed by atoms with E-state index in [1.807, 2.05) is 45.0 Å². The van der Waals surface area contributed by atoms with Gasteiger partial charge in [0, 0.05) is 0 Å². The molecular weight excluding hydrogens is 444 g/mol. The average Bonchev–Trinajstić information content (AvgIpc) is 2.90. The molecule has 0 saturated carbocycles. The van der Waals surface area contributed by atoms with Crippen molar-refractivity contribution < 1.29 is 28.9 Å². The van der Waals surface area contributed by atoms with Gasteiger partial charge in [0.25, 0.3) is 0 Å². The number of hydrogen-bond donors (Lipinski definition) is 1. The number of methoxy groups -OCH3 is 2. The lowest BCUT2D eigenvalue weighted by Gasteiger charge is -2.26. The van der Waals surface area contributed by atoms with Crippen molar-refractivity contribution in [3.63, 3.8) is 0 Å². The predicted octanol–water partition coefficient (Wildman–Crippen LogP) is 5.82. The van der Waals surface area contributed by atoms with Crippen LogP contribution >= 0.6 is 0 Å². The molecule has 0 spiro atoms. The maximum absolute atomic E-state index is 12.1. The van der Waals surface area contributed by atoms with E-state index in [4.69, 9.17) is 14.2 Å². The maximum Gasteiger partial charge on any atom is 0.338 e. The Hall–Kier alpha value is -3.64. The molecule has 0 heterocycles. The van der Waals surface area contributed by atoms with Crippen LogP contribution in [0.5, 0.6) is 5.75 Å². The van der Waals surface area contributed by atoms with Crippen LogP contribution in [0.15, 0.2) is 60.7 Å². The smallest absolute Gasteiger partial charge is 0.338 e. The van der Waals surface area contributed by atoms with Gasteiger partial charge in [0.2, 0.25) is 0 Å². The van der Waals surface area contributed by atoms with E-state index in [0.717, 1.165) is 27.8 Å². The zero-order chi connectivity index (χ0) is 25.6. The first kappa shape index (κ1) is 26.0. The molecule has 0 saturated heterocycles. The van der Waals surface area contributed by atoms with Crippen LogP contribution < -0.4 is 4.74 Å². The number of ether oxygens (including phenoxy) is 3. The highest BCUT2D eigenvalue weighted by Gasteiger charge is 2.25. The fourth-order valence-electron chi connectivity index (χ4n) is 4.11. The van der Waals surface area contributed by atoms with Crippen molar-refractivity contribution in [1.29, 1.82) is 0 Å². The largest absolute Gasteiger partial charge is 0.489 e. The highest BCUT2D eigenvalue weighted by atomic mass is 16.5. The number of aliphatic hydroxyl groups is 1. The Morgan fingerprint density at radius 2 is 1.54 bits per heavy atom. The summed E-state index contributed by atoms with van der Waals surface area (Å²) in [6.45, 7) is 6.31. The summed E-state index contributed by atoms with van der Waals surface area (Å²) in [6, 6.07) is 18.7. The van der Waals surface area contributed by atoms with Crippen LogP contribution in [0.3, 0.4) is 0 Å². The fourth-order valence-corrected chi connectivity index (χ4v) is 4.11. The van der Waals surface area contributed by atoms with Gasteiger partial charge in [0.15, 0.2) is 0 Å². The minimum absolute atomic E-state index is 0.0837. The Bertz CT molecular complexity index is 1210. The van der Waals surface area contributed by atoms with Crippen LogP contribution in [0, 0.1) is 6.92 Å². The van der Waals surface area contributed by atoms with E-state index in [1.54, 1.807) is 6.07 Å². The topological polar surface area (TPSA) is 82.1 Å². The third-order valence-corrected chi connectivity index (χ3v) is 6.38. The summed E-state index contributed by atoms with van der Waals surface area (Å²) in [5, 5.41) is 10.9. The van der Waals surface area contributed by atoms with Gasteiger partial charge in [-0.2, -0.15) is 0 Å². The molecule has 6 heteroatoms. The van der Waals surface area contributed by atoms with Crippen molar-refractivity contribution in [1.82, 2.24) is 0 Å². The first-order chi connectivity index (χ1) is 16.8. The number of hydrogen-bond acceptors (Lipinski definition) is 6. The van der Waals surface area contributed by atoms with Crippen molar-refractivity contribution in [3.05, 3.63) is 88.5 Å². The first-order valence-corrected chi connectivity index (χ1v) is 11.6. The van der Waals surface area contributed by atoms with Crippen molar-refractivity contribution in [3.8, 4) is 16.9 Å². The molecule has 6 nitrogen and oxygen atoms in total. The van der Waals surface area contributed by atoms with E-state index < -0.39 is 17.5 Å². The summed E-state index contributed by atoms with van der Waals surface area (Å²) in [7, 11) is 2.51. The first-order valence-electron chi connectivity index (χ1n) is 11.6. The number of rotatable bonds is 9. The summed E-state index contributed by atoms with van der Waals surface area (Å²) in [5.74, 6) is -0.834. The molecular formula is C29H32O6. The minimum Gasteiger partial charge on any atom is -0.489 e. The number of carbonyl (C=O) groups excluding carboxylic acids is 2. The number of esters is 2. The zero-order valence-corrected chi connectivity index (χ0v) is 20.9. The Labute approximate surface area is 206 Å². The second-order valence-corrected chi connectivity index (χ2v) is 8.45. The Balaban J connectivity index is 1.82. The van der Waals surface area contributed by atoms with Gasteiger partial charge in [0.05, 0.1) is 30.9 Å². The van der Waals surface area contributed by atoms with Crippen molar-refractivity contribution >= 4 is 11.9 Å². The Morgan fingerprint density at radius 3 is 2.17 bits per heavy atom. The Morgan fingerprint density at radius 1 is 0.857 bits per heavy atom. The normalized spacial score (nSPS) is 11.1. The maximum atomic E-state index is 12.1. The summed E-state index contributed by atoms with van der Waals surface area (Å²) < 4.78 is 15.5. The molecule has 0 fully saturated rings. The van der Waals surface area contributed by atoms with Crippen molar-refractivity contribution in [2.75, 3.05) is 14.2 Å². The van der Waals surface area contributed by atoms with Gasteiger partial charge in [-0.3, -0.25) is 0 Å². The van der Waals surface area contributed by atoms with Crippen molar-refractivity contribution in [2.24, 2.45) is 0 Å². The summed E-state index contributed by atoms with van der Waals surface area (Å²) in [5.41, 5.74) is 4.48. The van der Waals surface area contributed by atoms with Crippen LogP contribution in [0.25, 0.3) is 11.1 Å². The number of carbonyl (C=O) groups is 2. The van der Waals surface area contributed by atoms with E-state index >= 15 is 0 Å². The van der Waals surface area contributed by atoms with Crippen LogP contribution in [0.1, 0.15) is 64.1 Å². The van der Waals surface area contributed by atoms with Crippen molar-refractivity contribution in [2.45, 2.75) is 45.8 Å². The lowest BCUT2D eigenvalue weighted by atomic mass is 9.86. The molecule has 3 rings (SSSR count). The third kappa shape index (κ3) is 5.72. The van der Waals surface area contributed by atoms with Gasteiger partial charge < -0.3 is 19.3 Å². The second-order valence-electron chi connectivity index (χ2n) is 8.45. The van der Waals surface area contributed by atoms with E-state index in [0.29, 0.717) is 18.6 Å². The monoisotopic (exact) mass is 476 g/mol. The lowest BCUT2D eigenvalue weighted by Crippen LogP contribution is -2.23. The standard InChI is InChI=1S/C29H32O6/c1-6-29(32,7-2)22-11-13-24(19(3)15-22)21-10-8-9-20(16-21)18-35-23-12-14-25(27(30)33-4)26(17-23)28(31)34-5/h8-17,32H,6-7,18H2,1-5H3. The molecule has 0 unspecified atom stereocenters. The molecule has 3 aromatic rings. The molecule has 3 aromatic carbocycles. The molecule has 0 radical (unpaired) electrons. The third-order valence-electron chi connectivity index (χ3n) is 6.38. The summed E-state index contributed by atoms with van der Waals surface area (Å²) in [4.78, 5) is 24.1. The highest BCUT2D eigenvalue weighted by Crippen LogP contribution is 2.33. The number of benzene rings is 3. The molecule has 0 atom stereocenters. The molecule has 0 aliphatic heterocycles. The van der Waals surface area contributed by atoms with Gasteiger partial charge in [-0.1, -0.05) is 50.2 Å².